The molecular formula is C30H59ClO6. The van der Waals surface area contributed by atoms with Crippen molar-refractivity contribution in [3.05, 3.63) is 0 Å². The molecule has 7 heteroatoms. The largest absolute Gasteiger partial charge is 0.463 e. The Hall–Kier alpha value is -0.400. The topological polar surface area (TPSA) is 63.2 Å². The van der Waals surface area contributed by atoms with Gasteiger partial charge in [0.15, 0.2) is 0 Å². The van der Waals surface area contributed by atoms with Crippen LogP contribution in [-0.2, 0) is 28.5 Å². The lowest BCUT2D eigenvalue weighted by molar-refractivity contribution is -0.145. The van der Waals surface area contributed by atoms with Gasteiger partial charge in [-0.25, -0.2) is 0 Å². The van der Waals surface area contributed by atoms with Crippen molar-refractivity contribution in [3.63, 3.8) is 0 Å². The molecule has 0 fully saturated rings. The Balaban J connectivity index is 3.13. The highest BCUT2D eigenvalue weighted by Crippen LogP contribution is 2.13. The maximum absolute atomic E-state index is 11.8. The molecule has 0 aromatic carbocycles. The molecule has 0 saturated heterocycles. The van der Waals surface area contributed by atoms with Gasteiger partial charge in [0.2, 0.25) is 0 Å². The predicted molar refractivity (Wildman–Crippen MR) is 154 cm³/mol. The summed E-state index contributed by atoms with van der Waals surface area (Å²) in [6, 6.07) is 0. The van der Waals surface area contributed by atoms with Crippen LogP contribution in [0.4, 0.5) is 0 Å². The molecule has 0 aliphatic rings. The number of unbranched alkanes of at least 4 members (excludes halogenated alkanes) is 15. The lowest BCUT2D eigenvalue weighted by Crippen LogP contribution is -2.14. The molecule has 0 aliphatic heterocycles. The SMILES string of the molecule is CCCCCCCCCCCCCCCC(=O)OCCOCCOCCOCCOCCCCCCCl. The maximum atomic E-state index is 11.8. The molecule has 0 bridgehead atoms. The standard InChI is InChI=1S/C30H59ClO6/c1-2-3-4-5-6-7-8-9-10-11-12-13-16-19-30(32)37-29-28-36-27-26-35-25-24-34-23-22-33-21-18-15-14-17-20-31/h2-29H2,1H3. The van der Waals surface area contributed by atoms with Gasteiger partial charge < -0.3 is 23.7 Å². The molecule has 37 heavy (non-hydrogen) atoms. The Morgan fingerprint density at radius 1 is 0.459 bits per heavy atom. The van der Waals surface area contributed by atoms with E-state index in [1.54, 1.807) is 0 Å². The van der Waals surface area contributed by atoms with Gasteiger partial charge in [-0.3, -0.25) is 4.79 Å². The van der Waals surface area contributed by atoms with Crippen molar-refractivity contribution in [3.8, 4) is 0 Å². The van der Waals surface area contributed by atoms with Crippen LogP contribution in [-0.4, -0.2) is 71.3 Å². The van der Waals surface area contributed by atoms with Gasteiger partial charge in [0.1, 0.15) is 6.61 Å². The molecule has 0 unspecified atom stereocenters. The normalized spacial score (nSPS) is 11.3. The first-order valence-corrected chi connectivity index (χ1v) is 15.9. The van der Waals surface area contributed by atoms with Crippen LogP contribution in [0.2, 0.25) is 0 Å². The Bertz CT molecular complexity index is 438. The summed E-state index contributed by atoms with van der Waals surface area (Å²) in [5.74, 6) is 0.633. The van der Waals surface area contributed by atoms with Gasteiger partial charge in [0.05, 0.1) is 46.2 Å². The molecule has 222 valence electrons. The van der Waals surface area contributed by atoms with Crippen LogP contribution in [0.15, 0.2) is 0 Å². The molecule has 0 radical (unpaired) electrons. The first kappa shape index (κ1) is 36.6. The van der Waals surface area contributed by atoms with Crippen molar-refractivity contribution in [2.45, 2.75) is 122 Å². The molecule has 0 heterocycles. The van der Waals surface area contributed by atoms with E-state index in [1.807, 2.05) is 0 Å². The van der Waals surface area contributed by atoms with Gasteiger partial charge in [-0.05, 0) is 19.3 Å². The molecule has 0 N–H and O–H groups in total. The van der Waals surface area contributed by atoms with Gasteiger partial charge >= 0.3 is 5.97 Å². The van der Waals surface area contributed by atoms with E-state index < -0.39 is 0 Å². The van der Waals surface area contributed by atoms with E-state index in [0.717, 1.165) is 38.2 Å². The molecular weight excluding hydrogens is 492 g/mol. The average Bonchev–Trinajstić information content (AvgIpc) is 2.90. The summed E-state index contributed by atoms with van der Waals surface area (Å²) >= 11 is 5.65. The number of halogens is 1. The van der Waals surface area contributed by atoms with Crippen LogP contribution in [0.3, 0.4) is 0 Å². The third kappa shape index (κ3) is 33.6. The molecule has 0 aromatic rings. The van der Waals surface area contributed by atoms with Crippen LogP contribution in [0.1, 0.15) is 122 Å². The average molecular weight is 551 g/mol. The number of carbonyl (C=O) groups excluding carboxylic acids is 1. The fourth-order valence-corrected chi connectivity index (χ4v) is 4.18. The number of ether oxygens (including phenoxy) is 5. The van der Waals surface area contributed by atoms with E-state index in [0.29, 0.717) is 59.3 Å². The number of rotatable bonds is 32. The molecule has 0 rings (SSSR count). The van der Waals surface area contributed by atoms with Gasteiger partial charge in [-0.2, -0.15) is 0 Å². The summed E-state index contributed by atoms with van der Waals surface area (Å²) in [4.78, 5) is 11.8. The molecule has 0 aliphatic carbocycles. The van der Waals surface area contributed by atoms with Gasteiger partial charge in [-0.15, -0.1) is 11.6 Å². The molecule has 0 saturated carbocycles. The molecule has 0 aromatic heterocycles. The van der Waals surface area contributed by atoms with Crippen LogP contribution in [0.5, 0.6) is 0 Å². The summed E-state index contributed by atoms with van der Waals surface area (Å²) in [6.07, 6.45) is 22.0. The number of carbonyl (C=O) groups is 1. The first-order valence-electron chi connectivity index (χ1n) is 15.3. The second-order valence-corrected chi connectivity index (χ2v) is 10.1. The van der Waals surface area contributed by atoms with Crippen LogP contribution in [0.25, 0.3) is 0 Å². The fourth-order valence-electron chi connectivity index (χ4n) is 3.99. The zero-order valence-corrected chi connectivity index (χ0v) is 24.9. The Kier molecular flexibility index (Phi) is 33.3. The van der Waals surface area contributed by atoms with E-state index in [2.05, 4.69) is 6.92 Å². The minimum absolute atomic E-state index is 0.115. The first-order chi connectivity index (χ1) is 18.3. The van der Waals surface area contributed by atoms with E-state index in [4.69, 9.17) is 35.3 Å². The van der Waals surface area contributed by atoms with Crippen LogP contribution >= 0.6 is 11.6 Å². The summed E-state index contributed by atoms with van der Waals surface area (Å²) in [5, 5.41) is 0. The van der Waals surface area contributed by atoms with Gasteiger partial charge in [-0.1, -0.05) is 96.8 Å². The third-order valence-electron chi connectivity index (χ3n) is 6.26. The quantitative estimate of drug-likeness (QED) is 0.0482. The van der Waals surface area contributed by atoms with Crippen LogP contribution in [0, 0.1) is 0 Å². The summed E-state index contributed by atoms with van der Waals surface area (Å²) in [5.41, 5.74) is 0. The lowest BCUT2D eigenvalue weighted by atomic mass is 10.0. The highest BCUT2D eigenvalue weighted by Gasteiger charge is 2.03. The van der Waals surface area contributed by atoms with E-state index in [1.165, 1.54) is 83.5 Å². The number of esters is 1. The van der Waals surface area contributed by atoms with E-state index in [9.17, 15) is 4.79 Å². The Morgan fingerprint density at radius 3 is 1.32 bits per heavy atom. The summed E-state index contributed by atoms with van der Waals surface area (Å²) in [7, 11) is 0. The van der Waals surface area contributed by atoms with Gasteiger partial charge in [0, 0.05) is 18.9 Å². The van der Waals surface area contributed by atoms with E-state index >= 15 is 0 Å². The smallest absolute Gasteiger partial charge is 0.305 e. The van der Waals surface area contributed by atoms with Crippen molar-refractivity contribution in [1.29, 1.82) is 0 Å². The minimum atomic E-state index is -0.115. The second kappa shape index (κ2) is 33.6. The predicted octanol–water partition coefficient (Wildman–Crippen LogP) is 7.88. The molecule has 0 amide bonds. The number of alkyl halides is 1. The second-order valence-electron chi connectivity index (χ2n) is 9.77. The lowest BCUT2D eigenvalue weighted by Gasteiger charge is -2.08. The minimum Gasteiger partial charge on any atom is -0.463 e. The molecule has 6 nitrogen and oxygen atoms in total. The van der Waals surface area contributed by atoms with Crippen molar-refractivity contribution >= 4 is 17.6 Å². The maximum Gasteiger partial charge on any atom is 0.305 e. The Morgan fingerprint density at radius 2 is 0.838 bits per heavy atom. The monoisotopic (exact) mass is 550 g/mol. The van der Waals surface area contributed by atoms with Gasteiger partial charge in [0.25, 0.3) is 0 Å². The zero-order valence-electron chi connectivity index (χ0n) is 24.1. The summed E-state index contributed by atoms with van der Waals surface area (Å²) in [6.45, 7) is 7.08. The van der Waals surface area contributed by atoms with Crippen LogP contribution < -0.4 is 0 Å². The van der Waals surface area contributed by atoms with Crippen molar-refractivity contribution < 1.29 is 28.5 Å². The summed E-state index contributed by atoms with van der Waals surface area (Å²) < 4.78 is 27.1. The third-order valence-corrected chi connectivity index (χ3v) is 6.53. The number of hydrogen-bond donors (Lipinski definition) is 0. The zero-order chi connectivity index (χ0) is 26.9. The molecule has 0 atom stereocenters. The fraction of sp³-hybridized carbons (Fsp3) is 0.967. The van der Waals surface area contributed by atoms with E-state index in [-0.39, 0.29) is 5.97 Å². The highest BCUT2D eigenvalue weighted by atomic mass is 35.5. The van der Waals surface area contributed by atoms with Crippen molar-refractivity contribution in [2.24, 2.45) is 0 Å². The molecule has 0 spiro atoms. The number of hydrogen-bond acceptors (Lipinski definition) is 6. The van der Waals surface area contributed by atoms with Crippen molar-refractivity contribution in [2.75, 3.05) is 65.3 Å². The highest BCUT2D eigenvalue weighted by molar-refractivity contribution is 6.17. The van der Waals surface area contributed by atoms with Crippen molar-refractivity contribution in [1.82, 2.24) is 0 Å². The Labute approximate surface area is 233 Å².